The fourth-order valence-corrected chi connectivity index (χ4v) is 2.43. The first-order valence-corrected chi connectivity index (χ1v) is 7.31. The van der Waals surface area contributed by atoms with Gasteiger partial charge in [-0.2, -0.15) is 0 Å². The van der Waals surface area contributed by atoms with Crippen LogP contribution in [0.4, 0.5) is 0 Å². The van der Waals surface area contributed by atoms with Crippen molar-refractivity contribution in [3.05, 3.63) is 34.9 Å². The van der Waals surface area contributed by atoms with Gasteiger partial charge in [-0.3, -0.25) is 0 Å². The highest BCUT2D eigenvalue weighted by atomic mass is 16.3. The van der Waals surface area contributed by atoms with E-state index >= 15 is 0 Å². The van der Waals surface area contributed by atoms with Gasteiger partial charge >= 0.3 is 0 Å². The average molecular weight is 263 g/mol. The second-order valence-electron chi connectivity index (χ2n) is 6.38. The molecule has 2 atom stereocenters. The van der Waals surface area contributed by atoms with Crippen LogP contribution in [0.25, 0.3) is 0 Å². The van der Waals surface area contributed by atoms with E-state index in [0.29, 0.717) is 11.8 Å². The van der Waals surface area contributed by atoms with Gasteiger partial charge in [0.15, 0.2) is 0 Å². The predicted molar refractivity (Wildman–Crippen MR) is 82.3 cm³/mol. The average Bonchev–Trinajstić information content (AvgIpc) is 2.27. The number of aliphatic hydroxyl groups excluding tert-OH is 1. The lowest BCUT2D eigenvalue weighted by molar-refractivity contribution is 0.103. The van der Waals surface area contributed by atoms with Crippen LogP contribution in [0.3, 0.4) is 0 Å². The largest absolute Gasteiger partial charge is 0.387 e. The van der Waals surface area contributed by atoms with Crippen LogP contribution in [-0.4, -0.2) is 17.7 Å². The van der Waals surface area contributed by atoms with Crippen molar-refractivity contribution in [3.63, 3.8) is 0 Å². The first kappa shape index (κ1) is 16.2. The topological polar surface area (TPSA) is 32.3 Å². The Balaban J connectivity index is 2.89. The van der Waals surface area contributed by atoms with Gasteiger partial charge in [0.2, 0.25) is 0 Å². The number of rotatable bonds is 6. The lowest BCUT2D eigenvalue weighted by Crippen LogP contribution is -2.41. The summed E-state index contributed by atoms with van der Waals surface area (Å²) in [5.74, 6) is 0.988. The van der Waals surface area contributed by atoms with Crippen molar-refractivity contribution in [2.24, 2.45) is 11.8 Å². The minimum atomic E-state index is -0.445. The van der Waals surface area contributed by atoms with Crippen LogP contribution in [0, 0.1) is 25.7 Å². The molecule has 0 spiro atoms. The number of hydrogen-bond acceptors (Lipinski definition) is 2. The third-order valence-electron chi connectivity index (χ3n) is 3.56. The maximum Gasteiger partial charge on any atom is 0.0948 e. The van der Waals surface area contributed by atoms with Crippen LogP contribution in [0.5, 0.6) is 0 Å². The molecule has 0 radical (unpaired) electrons. The zero-order valence-electron chi connectivity index (χ0n) is 13.2. The quantitative estimate of drug-likeness (QED) is 0.822. The van der Waals surface area contributed by atoms with Gasteiger partial charge in [0.1, 0.15) is 0 Å². The Morgan fingerprint density at radius 3 is 2.21 bits per heavy atom. The van der Waals surface area contributed by atoms with Gasteiger partial charge < -0.3 is 10.4 Å². The molecule has 1 aromatic rings. The molecule has 2 heteroatoms. The molecule has 0 fully saturated rings. The van der Waals surface area contributed by atoms with Crippen molar-refractivity contribution in [3.8, 4) is 0 Å². The van der Waals surface area contributed by atoms with Crippen molar-refractivity contribution < 1.29 is 5.11 Å². The second-order valence-corrected chi connectivity index (χ2v) is 6.38. The van der Waals surface area contributed by atoms with Crippen LogP contribution in [0.15, 0.2) is 18.2 Å². The SMILES string of the molecule is Cc1ccc(C(O)C(NCC(C)C)C(C)C)c(C)c1. The van der Waals surface area contributed by atoms with Gasteiger partial charge in [-0.05, 0) is 43.4 Å². The van der Waals surface area contributed by atoms with Crippen LogP contribution in [0.2, 0.25) is 0 Å². The van der Waals surface area contributed by atoms with E-state index in [2.05, 4.69) is 65.1 Å². The molecule has 2 unspecified atom stereocenters. The predicted octanol–water partition coefficient (Wildman–Crippen LogP) is 3.61. The van der Waals surface area contributed by atoms with Crippen LogP contribution in [-0.2, 0) is 0 Å². The number of aryl methyl sites for hydroxylation is 2. The summed E-state index contributed by atoms with van der Waals surface area (Å²) in [6.07, 6.45) is -0.445. The summed E-state index contributed by atoms with van der Waals surface area (Å²) in [7, 11) is 0. The van der Waals surface area contributed by atoms with E-state index < -0.39 is 6.10 Å². The molecule has 108 valence electrons. The fraction of sp³-hybridized carbons (Fsp3) is 0.647. The molecule has 0 aliphatic carbocycles. The van der Waals surface area contributed by atoms with Crippen LogP contribution < -0.4 is 5.32 Å². The molecule has 1 aromatic carbocycles. The van der Waals surface area contributed by atoms with Crippen molar-refractivity contribution in [2.75, 3.05) is 6.54 Å². The summed E-state index contributed by atoms with van der Waals surface area (Å²) in [6, 6.07) is 6.37. The Morgan fingerprint density at radius 2 is 1.74 bits per heavy atom. The standard InChI is InChI=1S/C17H29NO/c1-11(2)10-18-16(12(3)4)17(19)15-8-7-13(5)9-14(15)6/h7-9,11-12,16-19H,10H2,1-6H3. The highest BCUT2D eigenvalue weighted by Crippen LogP contribution is 2.25. The third kappa shape index (κ3) is 4.63. The molecule has 0 amide bonds. The van der Waals surface area contributed by atoms with E-state index in [9.17, 15) is 5.11 Å². The first-order chi connectivity index (χ1) is 8.82. The molecule has 0 saturated carbocycles. The highest BCUT2D eigenvalue weighted by Gasteiger charge is 2.24. The lowest BCUT2D eigenvalue weighted by atomic mass is 9.90. The number of nitrogens with one attached hydrogen (secondary N) is 1. The van der Waals surface area contributed by atoms with Gasteiger partial charge in [-0.15, -0.1) is 0 Å². The Morgan fingerprint density at radius 1 is 1.11 bits per heavy atom. The molecule has 0 bridgehead atoms. The lowest BCUT2D eigenvalue weighted by Gasteiger charge is -2.29. The zero-order valence-corrected chi connectivity index (χ0v) is 13.2. The van der Waals surface area contributed by atoms with E-state index in [1.807, 2.05) is 0 Å². The van der Waals surface area contributed by atoms with E-state index in [4.69, 9.17) is 0 Å². The van der Waals surface area contributed by atoms with Crippen molar-refractivity contribution in [1.82, 2.24) is 5.32 Å². The molecule has 19 heavy (non-hydrogen) atoms. The van der Waals surface area contributed by atoms with Crippen LogP contribution >= 0.6 is 0 Å². The number of benzene rings is 1. The smallest absolute Gasteiger partial charge is 0.0948 e. The Kier molecular flexibility index (Phi) is 6.02. The minimum absolute atomic E-state index is 0.101. The first-order valence-electron chi connectivity index (χ1n) is 7.31. The molecule has 0 saturated heterocycles. The maximum atomic E-state index is 10.7. The maximum absolute atomic E-state index is 10.7. The Labute approximate surface area is 118 Å². The molecule has 2 nitrogen and oxygen atoms in total. The summed E-state index contributed by atoms with van der Waals surface area (Å²) < 4.78 is 0. The summed E-state index contributed by atoms with van der Waals surface area (Å²) in [4.78, 5) is 0. The normalized spacial score (nSPS) is 15.0. The van der Waals surface area contributed by atoms with Crippen molar-refractivity contribution in [2.45, 2.75) is 53.7 Å². The molecule has 0 heterocycles. The molecular formula is C17H29NO. The van der Waals surface area contributed by atoms with Gasteiger partial charge in [-0.1, -0.05) is 51.5 Å². The molecule has 0 aromatic heterocycles. The van der Waals surface area contributed by atoms with Crippen molar-refractivity contribution in [1.29, 1.82) is 0 Å². The van der Waals surface area contributed by atoms with E-state index in [-0.39, 0.29) is 6.04 Å². The monoisotopic (exact) mass is 263 g/mol. The van der Waals surface area contributed by atoms with E-state index in [0.717, 1.165) is 12.1 Å². The fourth-order valence-electron chi connectivity index (χ4n) is 2.43. The second kappa shape index (κ2) is 7.06. The zero-order chi connectivity index (χ0) is 14.6. The minimum Gasteiger partial charge on any atom is -0.387 e. The van der Waals surface area contributed by atoms with E-state index in [1.54, 1.807) is 0 Å². The van der Waals surface area contributed by atoms with Gasteiger partial charge in [0, 0.05) is 6.04 Å². The number of hydrogen-bond donors (Lipinski definition) is 2. The molecule has 0 aliphatic heterocycles. The van der Waals surface area contributed by atoms with Gasteiger partial charge in [0.25, 0.3) is 0 Å². The summed E-state index contributed by atoms with van der Waals surface area (Å²) >= 11 is 0. The van der Waals surface area contributed by atoms with Gasteiger partial charge in [0.05, 0.1) is 6.10 Å². The summed E-state index contributed by atoms with van der Waals surface area (Å²) in [5.41, 5.74) is 3.45. The van der Waals surface area contributed by atoms with Crippen molar-refractivity contribution >= 4 is 0 Å². The van der Waals surface area contributed by atoms with Gasteiger partial charge in [-0.25, -0.2) is 0 Å². The number of aliphatic hydroxyl groups is 1. The Bertz CT molecular complexity index is 398. The Hall–Kier alpha value is -0.860. The molecule has 2 N–H and O–H groups in total. The summed E-state index contributed by atoms with van der Waals surface area (Å²) in [6.45, 7) is 13.8. The highest BCUT2D eigenvalue weighted by molar-refractivity contribution is 5.32. The van der Waals surface area contributed by atoms with Crippen LogP contribution in [0.1, 0.15) is 50.5 Å². The van der Waals surface area contributed by atoms with E-state index in [1.165, 1.54) is 11.1 Å². The summed E-state index contributed by atoms with van der Waals surface area (Å²) in [5, 5.41) is 14.2. The molecule has 0 aliphatic rings. The molecule has 1 rings (SSSR count). The third-order valence-corrected chi connectivity index (χ3v) is 3.56. The molecular weight excluding hydrogens is 234 g/mol.